The second kappa shape index (κ2) is 12.2. The first-order valence-electron chi connectivity index (χ1n) is 12.5. The first kappa shape index (κ1) is 27.3. The zero-order valence-electron chi connectivity index (χ0n) is 22.7. The molecule has 0 spiro atoms. The highest BCUT2D eigenvalue weighted by Crippen LogP contribution is 2.30. The van der Waals surface area contributed by atoms with Gasteiger partial charge in [-0.1, -0.05) is 36.4 Å². The van der Waals surface area contributed by atoms with Crippen LogP contribution in [0.1, 0.15) is 24.2 Å². The number of hydrogen-bond acceptors (Lipinski definition) is 6. The molecule has 0 unspecified atom stereocenters. The smallest absolute Gasteiger partial charge is 0.262 e. The molecule has 9 heteroatoms. The van der Waals surface area contributed by atoms with Gasteiger partial charge in [0.05, 0.1) is 32.7 Å². The predicted octanol–water partition coefficient (Wildman–Crippen LogP) is 5.05. The molecule has 0 aliphatic rings. The standard InChI is InChI=1S/C30H32N4O5/c1-20(2)33(30(36)29-25(38-4)12-9-13-26(29)39-5)19-28(35)31-27-18-24(21-10-7-6-8-11-21)32-34(27)22-14-16-23(37-3)17-15-22/h6-18,20H,19H2,1-5H3,(H,31,35). The normalized spacial score (nSPS) is 10.7. The lowest BCUT2D eigenvalue weighted by molar-refractivity contribution is -0.117. The molecule has 9 nitrogen and oxygen atoms in total. The van der Waals surface area contributed by atoms with Crippen LogP contribution < -0.4 is 19.5 Å². The van der Waals surface area contributed by atoms with E-state index in [4.69, 9.17) is 19.3 Å². The summed E-state index contributed by atoms with van der Waals surface area (Å²) in [4.78, 5) is 28.5. The van der Waals surface area contributed by atoms with Crippen molar-refractivity contribution in [3.05, 3.63) is 84.4 Å². The fraction of sp³-hybridized carbons (Fsp3) is 0.233. The topological polar surface area (TPSA) is 94.9 Å². The first-order chi connectivity index (χ1) is 18.9. The Morgan fingerprint density at radius 2 is 1.51 bits per heavy atom. The van der Waals surface area contributed by atoms with Crippen LogP contribution in [0.25, 0.3) is 16.9 Å². The lowest BCUT2D eigenvalue weighted by Gasteiger charge is -2.27. The summed E-state index contributed by atoms with van der Waals surface area (Å²) in [7, 11) is 4.58. The number of methoxy groups -OCH3 is 3. The summed E-state index contributed by atoms with van der Waals surface area (Å²) in [5.41, 5.74) is 2.60. The van der Waals surface area contributed by atoms with Crippen molar-refractivity contribution >= 4 is 17.6 Å². The molecule has 0 saturated carbocycles. The van der Waals surface area contributed by atoms with E-state index >= 15 is 0 Å². The third-order valence-electron chi connectivity index (χ3n) is 6.20. The third kappa shape index (κ3) is 6.04. The van der Waals surface area contributed by atoms with Gasteiger partial charge in [0.2, 0.25) is 5.91 Å². The number of carbonyl (C=O) groups is 2. The molecule has 2 amide bonds. The van der Waals surface area contributed by atoms with Gasteiger partial charge in [0.1, 0.15) is 35.2 Å². The van der Waals surface area contributed by atoms with E-state index in [-0.39, 0.29) is 30.0 Å². The number of carbonyl (C=O) groups excluding carboxylic acids is 2. The van der Waals surface area contributed by atoms with Crippen LogP contribution in [0.4, 0.5) is 5.82 Å². The molecule has 1 N–H and O–H groups in total. The van der Waals surface area contributed by atoms with E-state index in [1.54, 1.807) is 30.0 Å². The van der Waals surface area contributed by atoms with E-state index in [0.29, 0.717) is 28.8 Å². The highest BCUT2D eigenvalue weighted by atomic mass is 16.5. The van der Waals surface area contributed by atoms with Crippen molar-refractivity contribution in [2.75, 3.05) is 33.2 Å². The van der Waals surface area contributed by atoms with Crippen LogP contribution in [0.15, 0.2) is 78.9 Å². The monoisotopic (exact) mass is 528 g/mol. The Bertz CT molecular complexity index is 1410. The molecule has 0 aliphatic carbocycles. The van der Waals surface area contributed by atoms with Crippen molar-refractivity contribution in [2.45, 2.75) is 19.9 Å². The molecular formula is C30H32N4O5. The maximum atomic E-state index is 13.6. The minimum atomic E-state index is -0.375. The Morgan fingerprint density at radius 1 is 0.872 bits per heavy atom. The molecule has 39 heavy (non-hydrogen) atoms. The van der Waals surface area contributed by atoms with E-state index in [1.807, 2.05) is 74.5 Å². The minimum Gasteiger partial charge on any atom is -0.497 e. The molecule has 202 valence electrons. The summed E-state index contributed by atoms with van der Waals surface area (Å²) in [6, 6.07) is 23.7. The van der Waals surface area contributed by atoms with Crippen molar-refractivity contribution in [2.24, 2.45) is 0 Å². The number of aromatic nitrogens is 2. The highest BCUT2D eigenvalue weighted by molar-refractivity contribution is 6.03. The molecule has 0 radical (unpaired) electrons. The number of benzene rings is 3. The van der Waals surface area contributed by atoms with Gasteiger partial charge in [-0.25, -0.2) is 4.68 Å². The van der Waals surface area contributed by atoms with Gasteiger partial charge < -0.3 is 24.4 Å². The fourth-order valence-corrected chi connectivity index (χ4v) is 4.17. The van der Waals surface area contributed by atoms with Crippen molar-refractivity contribution in [1.82, 2.24) is 14.7 Å². The van der Waals surface area contributed by atoms with E-state index in [2.05, 4.69) is 5.32 Å². The number of hydrogen-bond donors (Lipinski definition) is 1. The van der Waals surface area contributed by atoms with Gasteiger partial charge in [0, 0.05) is 17.7 Å². The number of amides is 2. The Morgan fingerprint density at radius 3 is 2.08 bits per heavy atom. The van der Waals surface area contributed by atoms with Crippen molar-refractivity contribution in [3.63, 3.8) is 0 Å². The Balaban J connectivity index is 1.64. The molecular weight excluding hydrogens is 496 g/mol. The second-order valence-electron chi connectivity index (χ2n) is 9.00. The molecule has 3 aromatic carbocycles. The minimum absolute atomic E-state index is 0.188. The molecule has 0 aliphatic heterocycles. The SMILES string of the molecule is COc1ccc(-n2nc(-c3ccccc3)cc2NC(=O)CN(C(=O)c2c(OC)cccc2OC)C(C)C)cc1. The summed E-state index contributed by atoms with van der Waals surface area (Å²) < 4.78 is 17.8. The zero-order valence-corrected chi connectivity index (χ0v) is 22.7. The molecule has 0 atom stereocenters. The number of nitrogens with zero attached hydrogens (tertiary/aromatic N) is 3. The number of rotatable bonds is 10. The molecule has 4 aromatic rings. The van der Waals surface area contributed by atoms with Gasteiger partial charge in [-0.05, 0) is 50.2 Å². The van der Waals surface area contributed by atoms with Crippen molar-refractivity contribution in [1.29, 1.82) is 0 Å². The summed E-state index contributed by atoms with van der Waals surface area (Å²) in [5, 5.41) is 7.70. The van der Waals surface area contributed by atoms with E-state index in [1.165, 1.54) is 19.1 Å². The van der Waals surface area contributed by atoms with Gasteiger partial charge >= 0.3 is 0 Å². The second-order valence-corrected chi connectivity index (χ2v) is 9.00. The van der Waals surface area contributed by atoms with Crippen LogP contribution in [-0.4, -0.2) is 60.4 Å². The number of ether oxygens (including phenoxy) is 3. The first-order valence-corrected chi connectivity index (χ1v) is 12.5. The van der Waals surface area contributed by atoms with Crippen LogP contribution in [0, 0.1) is 0 Å². The molecule has 0 fully saturated rings. The van der Waals surface area contributed by atoms with Gasteiger partial charge in [-0.3, -0.25) is 9.59 Å². The van der Waals surface area contributed by atoms with E-state index in [0.717, 1.165) is 11.3 Å². The summed E-state index contributed by atoms with van der Waals surface area (Å²) in [6.45, 7) is 3.51. The molecule has 0 saturated heterocycles. The van der Waals surface area contributed by atoms with E-state index < -0.39 is 0 Å². The van der Waals surface area contributed by atoms with Crippen molar-refractivity contribution in [3.8, 4) is 34.2 Å². The molecule has 4 rings (SSSR count). The Hall–Kier alpha value is -4.79. The number of nitrogens with one attached hydrogen (secondary N) is 1. The molecule has 1 heterocycles. The summed E-state index contributed by atoms with van der Waals surface area (Å²) >= 11 is 0. The van der Waals surface area contributed by atoms with Gasteiger partial charge in [0.15, 0.2) is 0 Å². The van der Waals surface area contributed by atoms with E-state index in [9.17, 15) is 9.59 Å². The quantitative estimate of drug-likeness (QED) is 0.309. The third-order valence-corrected chi connectivity index (χ3v) is 6.20. The Labute approximate surface area is 227 Å². The van der Waals surface area contributed by atoms with Crippen LogP contribution in [0.2, 0.25) is 0 Å². The largest absolute Gasteiger partial charge is 0.497 e. The van der Waals surface area contributed by atoms with Crippen molar-refractivity contribution < 1.29 is 23.8 Å². The fourth-order valence-electron chi connectivity index (χ4n) is 4.17. The van der Waals surface area contributed by atoms with Gasteiger partial charge in [0.25, 0.3) is 5.91 Å². The molecule has 0 bridgehead atoms. The lowest BCUT2D eigenvalue weighted by Crippen LogP contribution is -2.42. The lowest BCUT2D eigenvalue weighted by atomic mass is 10.1. The van der Waals surface area contributed by atoms with Crippen LogP contribution in [0.3, 0.4) is 0 Å². The van der Waals surface area contributed by atoms with Gasteiger partial charge in [-0.15, -0.1) is 0 Å². The summed E-state index contributed by atoms with van der Waals surface area (Å²) in [6.07, 6.45) is 0. The average molecular weight is 529 g/mol. The maximum Gasteiger partial charge on any atom is 0.262 e. The van der Waals surface area contributed by atoms with Crippen LogP contribution in [0.5, 0.6) is 17.2 Å². The molecule has 1 aromatic heterocycles. The van der Waals surface area contributed by atoms with Gasteiger partial charge in [-0.2, -0.15) is 5.10 Å². The zero-order chi connectivity index (χ0) is 27.9. The maximum absolute atomic E-state index is 13.6. The number of anilines is 1. The Kier molecular flexibility index (Phi) is 8.50. The average Bonchev–Trinajstić information content (AvgIpc) is 3.38. The van der Waals surface area contributed by atoms with Crippen LogP contribution >= 0.6 is 0 Å². The highest BCUT2D eigenvalue weighted by Gasteiger charge is 2.28. The summed E-state index contributed by atoms with van der Waals surface area (Å²) in [5.74, 6) is 1.17. The van der Waals surface area contributed by atoms with Crippen LogP contribution in [-0.2, 0) is 4.79 Å². The predicted molar refractivity (Wildman–Crippen MR) is 150 cm³/mol.